The monoisotopic (exact) mass is 424 g/mol. The molecule has 1 saturated heterocycles. The highest BCUT2D eigenvalue weighted by Crippen LogP contribution is 2.35. The van der Waals surface area contributed by atoms with E-state index in [-0.39, 0.29) is 22.9 Å². The standard InChI is InChI=1S/C23H21FN2O3S/c1-15(2)26-22(27)21(30-23(26)28)13-16-14-25(19-9-5-3-7-17(16)19)11-12-29-20-10-6-4-8-18(20)24/h3-10,13-15H,11-12H2,1-2H3/b21-13-. The van der Waals surface area contributed by atoms with Crippen LogP contribution in [0.15, 0.2) is 59.6 Å². The Labute approximate surface area is 178 Å². The number of carbonyl (C=O) groups is 2. The molecule has 4 rings (SSSR count). The van der Waals surface area contributed by atoms with E-state index in [1.54, 1.807) is 24.3 Å². The molecule has 0 saturated carbocycles. The number of nitrogens with zero attached hydrogens (tertiary/aromatic N) is 2. The van der Waals surface area contributed by atoms with Gasteiger partial charge in [0.05, 0.1) is 11.4 Å². The minimum atomic E-state index is -0.392. The molecule has 5 nitrogen and oxygen atoms in total. The molecule has 2 aromatic carbocycles. The summed E-state index contributed by atoms with van der Waals surface area (Å²) in [5.74, 6) is -0.437. The van der Waals surface area contributed by atoms with Crippen LogP contribution in [0.3, 0.4) is 0 Å². The average molecular weight is 424 g/mol. The molecule has 0 N–H and O–H groups in total. The van der Waals surface area contributed by atoms with Gasteiger partial charge in [-0.15, -0.1) is 0 Å². The minimum Gasteiger partial charge on any atom is -0.489 e. The van der Waals surface area contributed by atoms with Gasteiger partial charge in [0.25, 0.3) is 11.1 Å². The van der Waals surface area contributed by atoms with Gasteiger partial charge in [0, 0.05) is 28.7 Å². The summed E-state index contributed by atoms with van der Waals surface area (Å²) in [5.41, 5.74) is 1.83. The second kappa shape index (κ2) is 8.36. The van der Waals surface area contributed by atoms with Gasteiger partial charge in [0.2, 0.25) is 0 Å². The lowest BCUT2D eigenvalue weighted by atomic mass is 10.1. The van der Waals surface area contributed by atoms with Gasteiger partial charge < -0.3 is 9.30 Å². The predicted octanol–water partition coefficient (Wildman–Crippen LogP) is 5.30. The second-order valence-electron chi connectivity index (χ2n) is 7.22. The Balaban J connectivity index is 1.59. The van der Waals surface area contributed by atoms with Crippen LogP contribution in [0.5, 0.6) is 5.75 Å². The molecule has 0 radical (unpaired) electrons. The molecule has 0 spiro atoms. The Kier molecular flexibility index (Phi) is 5.63. The molecule has 2 amide bonds. The molecule has 154 valence electrons. The van der Waals surface area contributed by atoms with Crippen molar-refractivity contribution in [2.75, 3.05) is 6.61 Å². The highest BCUT2D eigenvalue weighted by atomic mass is 32.2. The summed E-state index contributed by atoms with van der Waals surface area (Å²) in [4.78, 5) is 26.5. The number of ether oxygens (including phenoxy) is 1. The van der Waals surface area contributed by atoms with Crippen molar-refractivity contribution < 1.29 is 18.7 Å². The first-order valence-corrected chi connectivity index (χ1v) is 10.5. The van der Waals surface area contributed by atoms with Gasteiger partial charge in [0.1, 0.15) is 6.61 Å². The van der Waals surface area contributed by atoms with E-state index in [9.17, 15) is 14.0 Å². The summed E-state index contributed by atoms with van der Waals surface area (Å²) in [7, 11) is 0. The molecule has 30 heavy (non-hydrogen) atoms. The topological polar surface area (TPSA) is 51.5 Å². The van der Waals surface area contributed by atoms with Crippen molar-refractivity contribution in [3.63, 3.8) is 0 Å². The lowest BCUT2D eigenvalue weighted by Crippen LogP contribution is -2.34. The van der Waals surface area contributed by atoms with E-state index in [4.69, 9.17) is 4.74 Å². The van der Waals surface area contributed by atoms with E-state index in [0.29, 0.717) is 18.1 Å². The first kappa shape index (κ1) is 20.2. The van der Waals surface area contributed by atoms with Crippen molar-refractivity contribution in [1.29, 1.82) is 0 Å². The summed E-state index contributed by atoms with van der Waals surface area (Å²) in [6.07, 6.45) is 3.70. The van der Waals surface area contributed by atoms with Gasteiger partial charge in [-0.3, -0.25) is 14.5 Å². The highest BCUT2D eigenvalue weighted by Gasteiger charge is 2.36. The van der Waals surface area contributed by atoms with Crippen LogP contribution in [0.25, 0.3) is 17.0 Å². The number of thioether (sulfide) groups is 1. The van der Waals surface area contributed by atoms with Crippen molar-refractivity contribution in [1.82, 2.24) is 9.47 Å². The maximum Gasteiger partial charge on any atom is 0.293 e. The van der Waals surface area contributed by atoms with Gasteiger partial charge in [-0.05, 0) is 49.9 Å². The molecule has 0 aliphatic carbocycles. The second-order valence-corrected chi connectivity index (χ2v) is 8.21. The Bertz CT molecular complexity index is 1150. The number of halogens is 1. The van der Waals surface area contributed by atoms with Crippen LogP contribution in [0, 0.1) is 5.82 Å². The van der Waals surface area contributed by atoms with Gasteiger partial charge >= 0.3 is 0 Å². The summed E-state index contributed by atoms with van der Waals surface area (Å²) in [5, 5.41) is 0.725. The fourth-order valence-electron chi connectivity index (χ4n) is 3.46. The lowest BCUT2D eigenvalue weighted by molar-refractivity contribution is -0.123. The number of imide groups is 1. The number of hydrogen-bond acceptors (Lipinski definition) is 4. The summed E-state index contributed by atoms with van der Waals surface area (Å²) in [6, 6.07) is 14.0. The third-order valence-electron chi connectivity index (χ3n) is 4.87. The van der Waals surface area contributed by atoms with Crippen LogP contribution < -0.4 is 4.74 Å². The molecular weight excluding hydrogens is 403 g/mol. The molecule has 1 aromatic heterocycles. The number of para-hydroxylation sites is 2. The first-order chi connectivity index (χ1) is 14.5. The van der Waals surface area contributed by atoms with Crippen LogP contribution in [0.2, 0.25) is 0 Å². The first-order valence-electron chi connectivity index (χ1n) is 9.68. The molecule has 1 fully saturated rings. The van der Waals surface area contributed by atoms with Gasteiger partial charge in [-0.2, -0.15) is 0 Å². The molecule has 3 aromatic rings. The van der Waals surface area contributed by atoms with E-state index in [0.717, 1.165) is 28.2 Å². The van der Waals surface area contributed by atoms with Crippen molar-refractivity contribution in [3.05, 3.63) is 71.0 Å². The number of aromatic nitrogens is 1. The molecule has 2 heterocycles. The number of amides is 2. The van der Waals surface area contributed by atoms with Crippen LogP contribution in [0.4, 0.5) is 9.18 Å². The highest BCUT2D eigenvalue weighted by molar-refractivity contribution is 8.18. The molecule has 0 bridgehead atoms. The average Bonchev–Trinajstić information content (AvgIpc) is 3.20. The molecule has 1 aliphatic rings. The Hall–Kier alpha value is -3.06. The predicted molar refractivity (Wildman–Crippen MR) is 117 cm³/mol. The van der Waals surface area contributed by atoms with Crippen molar-refractivity contribution in [2.24, 2.45) is 0 Å². The molecule has 0 unspecified atom stereocenters. The molecule has 7 heteroatoms. The van der Waals surface area contributed by atoms with E-state index in [1.807, 2.05) is 48.9 Å². The Morgan fingerprint density at radius 2 is 1.83 bits per heavy atom. The van der Waals surface area contributed by atoms with E-state index < -0.39 is 5.82 Å². The van der Waals surface area contributed by atoms with Gasteiger partial charge in [0.15, 0.2) is 11.6 Å². The normalized spacial score (nSPS) is 15.7. The molecule has 1 aliphatic heterocycles. The maximum absolute atomic E-state index is 13.8. The van der Waals surface area contributed by atoms with Crippen LogP contribution in [-0.2, 0) is 11.3 Å². The van der Waals surface area contributed by atoms with Gasteiger partial charge in [-0.25, -0.2) is 4.39 Å². The van der Waals surface area contributed by atoms with E-state index in [1.165, 1.54) is 11.0 Å². The fraction of sp³-hybridized carbons (Fsp3) is 0.217. The van der Waals surface area contributed by atoms with Crippen molar-refractivity contribution >= 4 is 39.9 Å². The lowest BCUT2D eigenvalue weighted by Gasteiger charge is -2.16. The quantitative estimate of drug-likeness (QED) is 0.504. The summed E-state index contributed by atoms with van der Waals surface area (Å²) >= 11 is 0.962. The van der Waals surface area contributed by atoms with Crippen LogP contribution in [0.1, 0.15) is 19.4 Å². The van der Waals surface area contributed by atoms with E-state index >= 15 is 0 Å². The van der Waals surface area contributed by atoms with Crippen LogP contribution in [-0.4, -0.2) is 33.3 Å². The third kappa shape index (κ3) is 3.85. The number of benzene rings is 2. The molecule has 0 atom stereocenters. The largest absolute Gasteiger partial charge is 0.489 e. The van der Waals surface area contributed by atoms with Gasteiger partial charge in [-0.1, -0.05) is 30.3 Å². The van der Waals surface area contributed by atoms with Crippen molar-refractivity contribution in [3.8, 4) is 5.75 Å². The zero-order valence-corrected chi connectivity index (χ0v) is 17.5. The summed E-state index contributed by atoms with van der Waals surface area (Å²) in [6.45, 7) is 4.44. The molecular formula is C23H21FN2O3S. The Morgan fingerprint density at radius 1 is 1.10 bits per heavy atom. The summed E-state index contributed by atoms with van der Waals surface area (Å²) < 4.78 is 21.3. The number of rotatable bonds is 6. The maximum atomic E-state index is 13.8. The number of fused-ring (bicyclic) bond motifs is 1. The van der Waals surface area contributed by atoms with Crippen LogP contribution >= 0.6 is 11.8 Å². The fourth-order valence-corrected chi connectivity index (χ4v) is 4.41. The minimum absolute atomic E-state index is 0.180. The zero-order chi connectivity index (χ0) is 21.3. The third-order valence-corrected chi connectivity index (χ3v) is 5.76. The number of hydrogen-bond donors (Lipinski definition) is 0. The van der Waals surface area contributed by atoms with Crippen molar-refractivity contribution in [2.45, 2.75) is 26.4 Å². The smallest absolute Gasteiger partial charge is 0.293 e. The zero-order valence-electron chi connectivity index (χ0n) is 16.7. The number of carbonyl (C=O) groups excluding carboxylic acids is 2. The SMILES string of the molecule is CC(C)N1C(=O)S/C(=C\c2cn(CCOc3ccccc3F)c3ccccc23)C1=O. The van der Waals surface area contributed by atoms with E-state index in [2.05, 4.69) is 0 Å². The Morgan fingerprint density at radius 3 is 2.57 bits per heavy atom.